The van der Waals surface area contributed by atoms with Gasteiger partial charge in [0.05, 0.1) is 11.2 Å². The third-order valence-corrected chi connectivity index (χ3v) is 5.08. The number of carbonyl (C=O) groups is 1. The predicted molar refractivity (Wildman–Crippen MR) is 104 cm³/mol. The Morgan fingerprint density at radius 3 is 2.40 bits per heavy atom. The molecule has 142 valence electrons. The Bertz CT molecular complexity index is 586. The molecule has 1 aromatic rings. The second kappa shape index (κ2) is 7.48. The lowest BCUT2D eigenvalue weighted by Gasteiger charge is -2.28. The lowest BCUT2D eigenvalue weighted by Crippen LogP contribution is -2.32. The first kappa shape index (κ1) is 20.0. The van der Waals surface area contributed by atoms with Gasteiger partial charge in [-0.1, -0.05) is 27.7 Å². The number of carbonyl (C=O) groups excluding carboxylic acids is 1. The van der Waals surface area contributed by atoms with Crippen LogP contribution in [0.5, 0.6) is 0 Å². The molecule has 1 amide bonds. The highest BCUT2D eigenvalue weighted by Gasteiger charge is 2.27. The van der Waals surface area contributed by atoms with Gasteiger partial charge in [0.1, 0.15) is 5.82 Å². The summed E-state index contributed by atoms with van der Waals surface area (Å²) in [4.78, 5) is 12.6. The van der Waals surface area contributed by atoms with Crippen molar-refractivity contribution in [2.45, 2.75) is 78.7 Å². The number of hydrogen-bond acceptors (Lipinski definition) is 3. The first-order chi connectivity index (χ1) is 11.5. The van der Waals surface area contributed by atoms with Crippen LogP contribution in [0.15, 0.2) is 6.07 Å². The standard InChI is InChI=1S/C20H36N4O/c1-14(15-8-10-21-11-9-15)12-18(25)22-17-13-16(19(2,3)4)23-24(17)20(5,6)7/h13-15,21H,8-12H2,1-7H3,(H,22,25). The fourth-order valence-corrected chi connectivity index (χ4v) is 3.41. The van der Waals surface area contributed by atoms with Gasteiger partial charge in [0.15, 0.2) is 0 Å². The normalized spacial score (nSPS) is 18.2. The number of hydrogen-bond donors (Lipinski definition) is 2. The van der Waals surface area contributed by atoms with Gasteiger partial charge in [-0.3, -0.25) is 4.79 Å². The number of nitrogens with one attached hydrogen (secondary N) is 2. The molecule has 1 atom stereocenters. The molecule has 2 N–H and O–H groups in total. The van der Waals surface area contributed by atoms with Crippen molar-refractivity contribution >= 4 is 11.7 Å². The molecule has 1 aliphatic rings. The molecule has 5 nitrogen and oxygen atoms in total. The quantitative estimate of drug-likeness (QED) is 0.867. The highest BCUT2D eigenvalue weighted by Crippen LogP contribution is 2.29. The van der Waals surface area contributed by atoms with Crippen LogP contribution in [0.4, 0.5) is 5.82 Å². The van der Waals surface area contributed by atoms with Gasteiger partial charge in [-0.25, -0.2) is 4.68 Å². The molecule has 1 fully saturated rings. The molecule has 0 bridgehead atoms. The minimum Gasteiger partial charge on any atom is -0.317 e. The van der Waals surface area contributed by atoms with Crippen molar-refractivity contribution in [3.8, 4) is 0 Å². The van der Waals surface area contributed by atoms with E-state index in [4.69, 9.17) is 5.10 Å². The molecule has 0 aromatic carbocycles. The molecule has 2 heterocycles. The van der Waals surface area contributed by atoms with Crippen LogP contribution < -0.4 is 10.6 Å². The van der Waals surface area contributed by atoms with Crippen LogP contribution >= 0.6 is 0 Å². The number of rotatable bonds is 4. The second-order valence-corrected chi connectivity index (χ2v) is 9.56. The zero-order valence-electron chi connectivity index (χ0n) is 17.1. The Hall–Kier alpha value is -1.36. The molecule has 0 spiro atoms. The minimum atomic E-state index is -0.174. The molecule has 0 saturated carbocycles. The van der Waals surface area contributed by atoms with E-state index in [1.54, 1.807) is 0 Å². The fraction of sp³-hybridized carbons (Fsp3) is 0.800. The number of nitrogens with zero attached hydrogens (tertiary/aromatic N) is 2. The van der Waals surface area contributed by atoms with Crippen molar-refractivity contribution in [1.29, 1.82) is 0 Å². The average molecular weight is 349 g/mol. The molecule has 5 heteroatoms. The number of amides is 1. The van der Waals surface area contributed by atoms with Gasteiger partial charge in [0, 0.05) is 17.9 Å². The molecule has 2 rings (SSSR count). The van der Waals surface area contributed by atoms with Crippen molar-refractivity contribution in [3.05, 3.63) is 11.8 Å². The summed E-state index contributed by atoms with van der Waals surface area (Å²) < 4.78 is 1.95. The molecular formula is C20H36N4O. The summed E-state index contributed by atoms with van der Waals surface area (Å²) in [7, 11) is 0. The van der Waals surface area contributed by atoms with E-state index in [1.807, 2.05) is 10.7 Å². The minimum absolute atomic E-state index is 0.0433. The van der Waals surface area contributed by atoms with E-state index in [0.29, 0.717) is 18.3 Å². The summed E-state index contributed by atoms with van der Waals surface area (Å²) >= 11 is 0. The van der Waals surface area contributed by atoms with Gasteiger partial charge in [0.2, 0.25) is 5.91 Å². The van der Waals surface area contributed by atoms with Crippen molar-refractivity contribution < 1.29 is 4.79 Å². The second-order valence-electron chi connectivity index (χ2n) is 9.56. The van der Waals surface area contributed by atoms with Crippen LogP contribution in [-0.4, -0.2) is 28.8 Å². The van der Waals surface area contributed by atoms with E-state index in [0.717, 1.165) is 24.6 Å². The van der Waals surface area contributed by atoms with Crippen LogP contribution in [0, 0.1) is 11.8 Å². The van der Waals surface area contributed by atoms with Gasteiger partial charge in [-0.05, 0) is 58.5 Å². The van der Waals surface area contributed by atoms with Gasteiger partial charge in [-0.2, -0.15) is 5.10 Å². The predicted octanol–water partition coefficient (Wildman–Crippen LogP) is 3.90. The molecule has 0 aliphatic carbocycles. The third kappa shape index (κ3) is 5.30. The van der Waals surface area contributed by atoms with Crippen LogP contribution in [0.25, 0.3) is 0 Å². The van der Waals surface area contributed by atoms with Crippen molar-refractivity contribution in [2.24, 2.45) is 11.8 Å². The monoisotopic (exact) mass is 348 g/mol. The Morgan fingerprint density at radius 2 is 1.88 bits per heavy atom. The maximum absolute atomic E-state index is 12.6. The first-order valence-corrected chi connectivity index (χ1v) is 9.60. The summed E-state index contributed by atoms with van der Waals surface area (Å²) in [6, 6.07) is 2.03. The molecule has 25 heavy (non-hydrogen) atoms. The van der Waals surface area contributed by atoms with Crippen LogP contribution in [0.3, 0.4) is 0 Å². The van der Waals surface area contributed by atoms with Gasteiger partial charge in [-0.15, -0.1) is 0 Å². The fourth-order valence-electron chi connectivity index (χ4n) is 3.41. The maximum Gasteiger partial charge on any atom is 0.225 e. The van der Waals surface area contributed by atoms with E-state index in [-0.39, 0.29) is 16.9 Å². The topological polar surface area (TPSA) is 59.0 Å². The summed E-state index contributed by atoms with van der Waals surface area (Å²) in [6.07, 6.45) is 2.91. The Morgan fingerprint density at radius 1 is 1.28 bits per heavy atom. The van der Waals surface area contributed by atoms with E-state index >= 15 is 0 Å². The van der Waals surface area contributed by atoms with Crippen LogP contribution in [0.2, 0.25) is 0 Å². The zero-order chi connectivity index (χ0) is 18.8. The van der Waals surface area contributed by atoms with E-state index in [2.05, 4.69) is 59.1 Å². The zero-order valence-corrected chi connectivity index (χ0v) is 17.1. The first-order valence-electron chi connectivity index (χ1n) is 9.60. The summed E-state index contributed by atoms with van der Waals surface area (Å²) in [5.74, 6) is 1.96. The largest absolute Gasteiger partial charge is 0.317 e. The van der Waals surface area contributed by atoms with Crippen molar-refractivity contribution in [2.75, 3.05) is 18.4 Å². The smallest absolute Gasteiger partial charge is 0.225 e. The SMILES string of the molecule is CC(CC(=O)Nc1cc(C(C)(C)C)nn1C(C)(C)C)C1CCNCC1. The average Bonchev–Trinajstić information content (AvgIpc) is 2.92. The third-order valence-electron chi connectivity index (χ3n) is 5.08. The van der Waals surface area contributed by atoms with Crippen LogP contribution in [-0.2, 0) is 15.7 Å². The lowest BCUT2D eigenvalue weighted by atomic mass is 9.84. The van der Waals surface area contributed by atoms with E-state index in [9.17, 15) is 4.79 Å². The Labute approximate surface area is 152 Å². The molecule has 0 radical (unpaired) electrons. The molecule has 1 saturated heterocycles. The molecular weight excluding hydrogens is 312 g/mol. The van der Waals surface area contributed by atoms with E-state index in [1.165, 1.54) is 12.8 Å². The number of piperidine rings is 1. The lowest BCUT2D eigenvalue weighted by molar-refractivity contribution is -0.117. The summed E-state index contributed by atoms with van der Waals surface area (Å²) in [5.41, 5.74) is 0.787. The highest BCUT2D eigenvalue weighted by atomic mass is 16.1. The maximum atomic E-state index is 12.6. The highest BCUT2D eigenvalue weighted by molar-refractivity contribution is 5.90. The Balaban J connectivity index is 2.10. The number of anilines is 1. The summed E-state index contributed by atoms with van der Waals surface area (Å²) in [5, 5.41) is 11.3. The molecule has 1 aliphatic heterocycles. The van der Waals surface area contributed by atoms with Crippen molar-refractivity contribution in [1.82, 2.24) is 15.1 Å². The molecule has 1 unspecified atom stereocenters. The number of aromatic nitrogens is 2. The molecule has 1 aromatic heterocycles. The summed E-state index contributed by atoms with van der Waals surface area (Å²) in [6.45, 7) is 17.1. The van der Waals surface area contributed by atoms with Gasteiger partial charge >= 0.3 is 0 Å². The van der Waals surface area contributed by atoms with Gasteiger partial charge < -0.3 is 10.6 Å². The van der Waals surface area contributed by atoms with E-state index < -0.39 is 0 Å². The van der Waals surface area contributed by atoms with Gasteiger partial charge in [0.25, 0.3) is 0 Å². The van der Waals surface area contributed by atoms with Crippen LogP contribution in [0.1, 0.15) is 73.4 Å². The Kier molecular flexibility index (Phi) is 5.97. The van der Waals surface area contributed by atoms with Crippen molar-refractivity contribution in [3.63, 3.8) is 0 Å².